The van der Waals surface area contributed by atoms with Gasteiger partial charge in [0.15, 0.2) is 0 Å². The number of aliphatic hydroxyl groups is 1. The zero-order valence-electron chi connectivity index (χ0n) is 14.0. The number of nitrogens with one attached hydrogen (secondary N) is 1. The first-order valence-corrected chi connectivity index (χ1v) is 9.98. The molecule has 0 unspecified atom stereocenters. The summed E-state index contributed by atoms with van der Waals surface area (Å²) in [6, 6.07) is 12.1. The summed E-state index contributed by atoms with van der Waals surface area (Å²) >= 11 is 5.15. The van der Waals surface area contributed by atoms with E-state index in [1.54, 1.807) is 11.3 Å². The van der Waals surface area contributed by atoms with E-state index in [0.717, 1.165) is 37.7 Å². The maximum atomic E-state index is 9.31. The van der Waals surface area contributed by atoms with E-state index >= 15 is 0 Å². The first-order chi connectivity index (χ1) is 12.7. The summed E-state index contributed by atoms with van der Waals surface area (Å²) in [6.45, 7) is 1.73. The Morgan fingerprint density at radius 1 is 1.31 bits per heavy atom. The van der Waals surface area contributed by atoms with Gasteiger partial charge in [-0.05, 0) is 41.3 Å². The molecular weight excluding hydrogens is 414 g/mol. The van der Waals surface area contributed by atoms with E-state index in [2.05, 4.69) is 38.5 Å². The zero-order chi connectivity index (χ0) is 17.9. The molecule has 0 atom stereocenters. The van der Waals surface area contributed by atoms with Gasteiger partial charge in [-0.1, -0.05) is 22.0 Å². The Morgan fingerprint density at radius 2 is 2.23 bits per heavy atom. The van der Waals surface area contributed by atoms with Gasteiger partial charge in [-0.15, -0.1) is 11.3 Å². The van der Waals surface area contributed by atoms with Gasteiger partial charge >= 0.3 is 0 Å². The summed E-state index contributed by atoms with van der Waals surface area (Å²) in [4.78, 5) is 1.11. The van der Waals surface area contributed by atoms with Crippen LogP contribution in [0.5, 0.6) is 5.75 Å². The van der Waals surface area contributed by atoms with Gasteiger partial charge in [0.05, 0.1) is 18.0 Å². The van der Waals surface area contributed by atoms with Gasteiger partial charge in [0.1, 0.15) is 23.9 Å². The number of fused-ring (bicyclic) bond motifs is 1. The second kappa shape index (κ2) is 7.65. The topological polar surface area (TPSA) is 59.3 Å². The van der Waals surface area contributed by atoms with Crippen LogP contribution in [0, 0.1) is 0 Å². The summed E-state index contributed by atoms with van der Waals surface area (Å²) in [7, 11) is 0. The lowest BCUT2D eigenvalue weighted by molar-refractivity contribution is 0.270. The summed E-state index contributed by atoms with van der Waals surface area (Å²) in [5, 5.41) is 19.4. The molecule has 2 N–H and O–H groups in total. The van der Waals surface area contributed by atoms with Crippen LogP contribution in [0.2, 0.25) is 0 Å². The van der Waals surface area contributed by atoms with Crippen molar-refractivity contribution in [3.05, 3.63) is 57.4 Å². The highest BCUT2D eigenvalue weighted by atomic mass is 79.9. The maximum absolute atomic E-state index is 9.31. The lowest BCUT2D eigenvalue weighted by atomic mass is 10.1. The van der Waals surface area contributed by atoms with Crippen LogP contribution in [0.25, 0.3) is 16.6 Å². The molecule has 3 heterocycles. The second-order valence-electron chi connectivity index (χ2n) is 5.97. The molecule has 0 amide bonds. The third kappa shape index (κ3) is 3.70. The Labute approximate surface area is 164 Å². The van der Waals surface area contributed by atoms with E-state index in [0.29, 0.717) is 19.7 Å². The van der Waals surface area contributed by atoms with Gasteiger partial charge in [-0.2, -0.15) is 5.10 Å². The number of ether oxygens (including phenoxy) is 1. The Morgan fingerprint density at radius 3 is 3.04 bits per heavy atom. The normalized spacial score (nSPS) is 13.1. The summed E-state index contributed by atoms with van der Waals surface area (Å²) in [6.07, 6.45) is 2.16. The third-order valence-electron chi connectivity index (χ3n) is 4.11. The van der Waals surface area contributed by atoms with Crippen LogP contribution in [0.4, 0.5) is 5.82 Å². The van der Waals surface area contributed by atoms with Crippen molar-refractivity contribution in [3.8, 4) is 16.3 Å². The molecule has 5 nitrogen and oxygen atoms in total. The molecule has 2 aromatic heterocycles. The fourth-order valence-corrected chi connectivity index (χ4v) is 3.93. The van der Waals surface area contributed by atoms with Crippen molar-refractivity contribution in [1.82, 2.24) is 9.78 Å². The predicted molar refractivity (Wildman–Crippen MR) is 109 cm³/mol. The van der Waals surface area contributed by atoms with Crippen LogP contribution in [0.3, 0.4) is 0 Å². The van der Waals surface area contributed by atoms with Crippen LogP contribution >= 0.6 is 27.3 Å². The number of halogens is 1. The fraction of sp³-hybridized carbons (Fsp3) is 0.211. The van der Waals surface area contributed by atoms with Crippen LogP contribution in [-0.2, 0) is 6.54 Å². The second-order valence-corrected chi connectivity index (χ2v) is 7.83. The minimum Gasteiger partial charge on any atom is -0.489 e. The highest BCUT2D eigenvalue weighted by molar-refractivity contribution is 9.10. The number of thiophene rings is 1. The average molecular weight is 432 g/mol. The van der Waals surface area contributed by atoms with Gasteiger partial charge in [-0.25, -0.2) is 4.68 Å². The Kier molecular flexibility index (Phi) is 5.10. The Hall–Kier alpha value is -2.09. The number of hydrogen-bond acceptors (Lipinski definition) is 5. The average Bonchev–Trinajstić information content (AvgIpc) is 3.29. The van der Waals surface area contributed by atoms with Crippen molar-refractivity contribution in [1.29, 1.82) is 0 Å². The maximum Gasteiger partial charge on any atom is 0.127 e. The molecule has 7 heteroatoms. The first kappa shape index (κ1) is 17.3. The van der Waals surface area contributed by atoms with Crippen LogP contribution in [-0.4, -0.2) is 34.6 Å². The van der Waals surface area contributed by atoms with Crippen molar-refractivity contribution in [2.75, 3.05) is 25.1 Å². The standard InChI is InChI=1S/C19H18BrN3O2S/c20-15-3-4-17-14(9-15)8-13(12-25-17)11-21-19-10-16(18-2-1-7-26-18)22-23(19)5-6-24/h1-4,7-10,21,24H,5-6,11-12H2. The van der Waals surface area contributed by atoms with E-state index in [-0.39, 0.29) is 6.61 Å². The number of aromatic nitrogens is 2. The largest absolute Gasteiger partial charge is 0.489 e. The molecule has 0 spiro atoms. The van der Waals surface area contributed by atoms with Gasteiger partial charge in [0, 0.05) is 22.6 Å². The number of hydrogen-bond donors (Lipinski definition) is 2. The molecule has 0 bridgehead atoms. The Balaban J connectivity index is 1.52. The molecule has 3 aromatic rings. The van der Waals surface area contributed by atoms with E-state index < -0.39 is 0 Å². The summed E-state index contributed by atoms with van der Waals surface area (Å²) in [5.74, 6) is 1.80. The lowest BCUT2D eigenvalue weighted by Crippen LogP contribution is -2.17. The van der Waals surface area contributed by atoms with Gasteiger partial charge in [0.2, 0.25) is 0 Å². The van der Waals surface area contributed by atoms with Crippen molar-refractivity contribution in [2.24, 2.45) is 0 Å². The lowest BCUT2D eigenvalue weighted by Gasteiger charge is -2.19. The number of aliphatic hydroxyl groups excluding tert-OH is 1. The van der Waals surface area contributed by atoms with Crippen LogP contribution in [0.15, 0.2) is 51.8 Å². The first-order valence-electron chi connectivity index (χ1n) is 8.31. The van der Waals surface area contributed by atoms with Crippen molar-refractivity contribution < 1.29 is 9.84 Å². The summed E-state index contributed by atoms with van der Waals surface area (Å²) in [5.41, 5.74) is 3.15. The third-order valence-corrected chi connectivity index (χ3v) is 5.49. The summed E-state index contributed by atoms with van der Waals surface area (Å²) < 4.78 is 8.68. The SMILES string of the molecule is OCCn1nc(-c2cccs2)cc1NCC1=Cc2cc(Br)ccc2OC1. The van der Waals surface area contributed by atoms with Crippen molar-refractivity contribution in [3.63, 3.8) is 0 Å². The molecule has 0 radical (unpaired) electrons. The van der Waals surface area contributed by atoms with Gasteiger partial charge in [-0.3, -0.25) is 0 Å². The molecule has 0 saturated heterocycles. The molecule has 0 fully saturated rings. The number of benzene rings is 1. The number of nitrogens with zero attached hydrogens (tertiary/aromatic N) is 2. The molecular formula is C19H18BrN3O2S. The molecule has 4 rings (SSSR count). The minimum atomic E-state index is 0.0491. The monoisotopic (exact) mass is 431 g/mol. The van der Waals surface area contributed by atoms with E-state index in [4.69, 9.17) is 4.74 Å². The number of rotatable bonds is 6. The smallest absolute Gasteiger partial charge is 0.127 e. The van der Waals surface area contributed by atoms with Gasteiger partial charge in [0.25, 0.3) is 0 Å². The van der Waals surface area contributed by atoms with Crippen molar-refractivity contribution in [2.45, 2.75) is 6.54 Å². The van der Waals surface area contributed by atoms with Crippen molar-refractivity contribution >= 4 is 39.2 Å². The molecule has 1 aliphatic heterocycles. The van der Waals surface area contributed by atoms with Crippen LogP contribution < -0.4 is 10.1 Å². The van der Waals surface area contributed by atoms with E-state index in [9.17, 15) is 5.11 Å². The number of anilines is 1. The molecule has 26 heavy (non-hydrogen) atoms. The van der Waals surface area contributed by atoms with Crippen LogP contribution in [0.1, 0.15) is 5.56 Å². The fourth-order valence-electron chi connectivity index (χ4n) is 2.87. The highest BCUT2D eigenvalue weighted by Crippen LogP contribution is 2.30. The minimum absolute atomic E-state index is 0.0491. The Bertz CT molecular complexity index is 934. The van der Waals surface area contributed by atoms with E-state index in [1.165, 1.54) is 0 Å². The van der Waals surface area contributed by atoms with Gasteiger partial charge < -0.3 is 15.2 Å². The zero-order valence-corrected chi connectivity index (χ0v) is 16.4. The highest BCUT2D eigenvalue weighted by Gasteiger charge is 2.14. The molecule has 1 aromatic carbocycles. The molecule has 0 aliphatic carbocycles. The van der Waals surface area contributed by atoms with E-state index in [1.807, 2.05) is 40.4 Å². The quantitative estimate of drug-likeness (QED) is 0.612. The predicted octanol–water partition coefficient (Wildman–Crippen LogP) is 4.25. The molecule has 134 valence electrons. The molecule has 0 saturated carbocycles. The molecule has 1 aliphatic rings.